The predicted molar refractivity (Wildman–Crippen MR) is 292 cm³/mol. The van der Waals surface area contributed by atoms with E-state index in [1.807, 2.05) is 6.08 Å². The standard InChI is InChI=1S/C61H115NO5/c1-3-5-7-9-11-13-15-17-18-19-20-21-22-23-26-30-33-37-41-45-49-53-59(64)58(57-63)62-60(65)54-50-46-42-38-34-31-27-24-25-28-32-36-40-44-48-52-56-67-61(66)55-51-47-43-39-35-29-16-14-12-10-8-6-4-2/h14,16,24,27,49,53,58-59,63-64H,3-13,15,17-23,25-26,28-48,50-52,54-57H2,1-2H3,(H,62,65)/b16-14-,27-24-,53-49+. The van der Waals surface area contributed by atoms with Gasteiger partial charge in [0.05, 0.1) is 25.4 Å². The molecular formula is C61H115NO5. The largest absolute Gasteiger partial charge is 0.466 e. The molecule has 0 rings (SSSR count). The summed E-state index contributed by atoms with van der Waals surface area (Å²) in [5.41, 5.74) is 0. The third-order valence-electron chi connectivity index (χ3n) is 13.6. The summed E-state index contributed by atoms with van der Waals surface area (Å²) < 4.78 is 5.46. The average Bonchev–Trinajstić information content (AvgIpc) is 3.33. The minimum absolute atomic E-state index is 0.0131. The van der Waals surface area contributed by atoms with Crippen molar-refractivity contribution in [1.29, 1.82) is 0 Å². The Morgan fingerprint density at radius 1 is 0.403 bits per heavy atom. The van der Waals surface area contributed by atoms with Gasteiger partial charge in [0.1, 0.15) is 0 Å². The third-order valence-corrected chi connectivity index (χ3v) is 13.6. The van der Waals surface area contributed by atoms with Crippen LogP contribution in [0.5, 0.6) is 0 Å². The first-order valence-electron chi connectivity index (χ1n) is 29.8. The SMILES string of the molecule is CCCCCC/C=C\CCCCCCCC(=O)OCCCCCCCCC/C=C\CCCCCCCC(=O)NC(CO)C(O)/C=C/CCCCCCCCCCCCCCCCCCCCC. The molecule has 0 aromatic rings. The fourth-order valence-corrected chi connectivity index (χ4v) is 9.03. The summed E-state index contributed by atoms with van der Waals surface area (Å²) in [5.74, 6) is -0.0964. The number of carbonyl (C=O) groups is 2. The normalized spacial score (nSPS) is 12.8. The number of aliphatic hydroxyl groups excluding tert-OH is 2. The number of allylic oxidation sites excluding steroid dienone is 5. The van der Waals surface area contributed by atoms with Crippen molar-refractivity contribution in [2.24, 2.45) is 0 Å². The minimum atomic E-state index is -0.856. The van der Waals surface area contributed by atoms with E-state index in [1.54, 1.807) is 6.08 Å². The highest BCUT2D eigenvalue weighted by Gasteiger charge is 2.18. The van der Waals surface area contributed by atoms with Gasteiger partial charge in [0.15, 0.2) is 0 Å². The highest BCUT2D eigenvalue weighted by atomic mass is 16.5. The molecule has 0 saturated heterocycles. The third kappa shape index (κ3) is 53.3. The molecule has 0 aromatic heterocycles. The van der Waals surface area contributed by atoms with E-state index in [2.05, 4.69) is 43.5 Å². The van der Waals surface area contributed by atoms with Gasteiger partial charge in [-0.25, -0.2) is 0 Å². The number of hydrogen-bond acceptors (Lipinski definition) is 5. The number of ether oxygens (including phenoxy) is 1. The van der Waals surface area contributed by atoms with E-state index in [4.69, 9.17) is 4.74 Å². The monoisotopic (exact) mass is 942 g/mol. The molecule has 0 aliphatic heterocycles. The van der Waals surface area contributed by atoms with Crippen LogP contribution in [0.25, 0.3) is 0 Å². The van der Waals surface area contributed by atoms with Gasteiger partial charge in [-0.05, 0) is 83.5 Å². The van der Waals surface area contributed by atoms with Crippen molar-refractivity contribution >= 4 is 11.9 Å². The first-order chi connectivity index (χ1) is 33.0. The summed E-state index contributed by atoms with van der Waals surface area (Å²) in [7, 11) is 0. The summed E-state index contributed by atoms with van der Waals surface area (Å²) in [6, 6.07) is -0.641. The number of unbranched alkanes of at least 4 members (excludes halogenated alkanes) is 40. The van der Waals surface area contributed by atoms with Crippen LogP contribution in [0, 0.1) is 0 Å². The van der Waals surface area contributed by atoms with E-state index in [0.717, 1.165) is 64.2 Å². The Kier molecular flexibility index (Phi) is 55.0. The Balaban J connectivity index is 3.51. The molecule has 394 valence electrons. The first kappa shape index (κ1) is 65.1. The molecule has 0 radical (unpaired) electrons. The number of nitrogens with one attached hydrogen (secondary N) is 1. The molecule has 67 heavy (non-hydrogen) atoms. The smallest absolute Gasteiger partial charge is 0.305 e. The van der Waals surface area contributed by atoms with Crippen molar-refractivity contribution in [2.45, 2.75) is 328 Å². The lowest BCUT2D eigenvalue weighted by atomic mass is 10.0. The molecule has 1 amide bonds. The van der Waals surface area contributed by atoms with Gasteiger partial charge in [-0.3, -0.25) is 9.59 Å². The van der Waals surface area contributed by atoms with E-state index in [0.29, 0.717) is 19.4 Å². The van der Waals surface area contributed by atoms with Gasteiger partial charge in [0, 0.05) is 12.8 Å². The van der Waals surface area contributed by atoms with Crippen LogP contribution >= 0.6 is 0 Å². The van der Waals surface area contributed by atoms with Crippen LogP contribution in [0.3, 0.4) is 0 Å². The quantitative estimate of drug-likeness (QED) is 0.0321. The Labute approximate surface area is 417 Å². The molecule has 2 unspecified atom stereocenters. The van der Waals surface area contributed by atoms with Gasteiger partial charge in [0.2, 0.25) is 5.91 Å². The zero-order valence-corrected chi connectivity index (χ0v) is 44.9. The Hall–Kier alpha value is -1.92. The van der Waals surface area contributed by atoms with E-state index >= 15 is 0 Å². The van der Waals surface area contributed by atoms with Gasteiger partial charge >= 0.3 is 5.97 Å². The van der Waals surface area contributed by atoms with Crippen LogP contribution in [0.4, 0.5) is 0 Å². The molecule has 3 N–H and O–H groups in total. The van der Waals surface area contributed by atoms with Gasteiger partial charge in [-0.1, -0.05) is 256 Å². The second kappa shape index (κ2) is 56.7. The van der Waals surface area contributed by atoms with Crippen LogP contribution in [-0.2, 0) is 14.3 Å². The highest BCUT2D eigenvalue weighted by Crippen LogP contribution is 2.16. The lowest BCUT2D eigenvalue weighted by Gasteiger charge is -2.20. The lowest BCUT2D eigenvalue weighted by molar-refractivity contribution is -0.143. The molecular weight excluding hydrogens is 827 g/mol. The summed E-state index contributed by atoms with van der Waals surface area (Å²) in [6.45, 7) is 4.87. The van der Waals surface area contributed by atoms with Crippen LogP contribution in [-0.4, -0.2) is 47.4 Å². The molecule has 2 atom stereocenters. The van der Waals surface area contributed by atoms with Crippen molar-refractivity contribution in [3.8, 4) is 0 Å². The summed E-state index contributed by atoms with van der Waals surface area (Å²) in [5, 5.41) is 23.2. The molecule has 6 heteroatoms. The Morgan fingerprint density at radius 3 is 1.07 bits per heavy atom. The fraction of sp³-hybridized carbons (Fsp3) is 0.869. The van der Waals surface area contributed by atoms with E-state index in [-0.39, 0.29) is 18.5 Å². The number of hydrogen-bond donors (Lipinski definition) is 3. The second-order valence-corrected chi connectivity index (χ2v) is 20.3. The van der Waals surface area contributed by atoms with Crippen molar-refractivity contribution in [3.63, 3.8) is 0 Å². The number of aliphatic hydroxyl groups is 2. The maximum absolute atomic E-state index is 12.5. The highest BCUT2D eigenvalue weighted by molar-refractivity contribution is 5.76. The van der Waals surface area contributed by atoms with Gasteiger partial charge < -0.3 is 20.3 Å². The number of esters is 1. The van der Waals surface area contributed by atoms with Gasteiger partial charge in [0.25, 0.3) is 0 Å². The maximum atomic E-state index is 12.5. The molecule has 6 nitrogen and oxygen atoms in total. The van der Waals surface area contributed by atoms with Crippen LogP contribution in [0.1, 0.15) is 316 Å². The molecule has 0 bridgehead atoms. The molecule has 0 saturated carbocycles. The molecule has 0 heterocycles. The molecule has 0 fully saturated rings. The summed E-state index contributed by atoms with van der Waals surface area (Å²) in [6.07, 6.45) is 70.2. The van der Waals surface area contributed by atoms with Gasteiger partial charge in [-0.15, -0.1) is 0 Å². The number of carbonyl (C=O) groups excluding carboxylic acids is 2. The number of amides is 1. The zero-order chi connectivity index (χ0) is 48.6. The Morgan fingerprint density at radius 2 is 0.701 bits per heavy atom. The molecule has 0 aliphatic rings. The van der Waals surface area contributed by atoms with Crippen LogP contribution < -0.4 is 5.32 Å². The molecule has 0 aliphatic carbocycles. The number of rotatable bonds is 55. The predicted octanol–water partition coefficient (Wildman–Crippen LogP) is 18.4. The first-order valence-corrected chi connectivity index (χ1v) is 29.8. The summed E-state index contributed by atoms with van der Waals surface area (Å²) in [4.78, 5) is 24.5. The second-order valence-electron chi connectivity index (χ2n) is 20.3. The maximum Gasteiger partial charge on any atom is 0.305 e. The van der Waals surface area contributed by atoms with E-state index in [9.17, 15) is 19.8 Å². The Bertz CT molecular complexity index is 1090. The minimum Gasteiger partial charge on any atom is -0.466 e. The van der Waals surface area contributed by atoms with Gasteiger partial charge in [-0.2, -0.15) is 0 Å². The lowest BCUT2D eigenvalue weighted by Crippen LogP contribution is -2.45. The molecule has 0 spiro atoms. The van der Waals surface area contributed by atoms with E-state index < -0.39 is 12.1 Å². The topological polar surface area (TPSA) is 95.9 Å². The van der Waals surface area contributed by atoms with Crippen molar-refractivity contribution in [2.75, 3.05) is 13.2 Å². The van der Waals surface area contributed by atoms with Crippen LogP contribution in [0.2, 0.25) is 0 Å². The van der Waals surface area contributed by atoms with Crippen molar-refractivity contribution < 1.29 is 24.5 Å². The van der Waals surface area contributed by atoms with E-state index in [1.165, 1.54) is 225 Å². The van der Waals surface area contributed by atoms with Crippen LogP contribution in [0.15, 0.2) is 36.5 Å². The van der Waals surface area contributed by atoms with Crippen molar-refractivity contribution in [3.05, 3.63) is 36.5 Å². The average molecular weight is 943 g/mol. The van der Waals surface area contributed by atoms with Crippen molar-refractivity contribution in [1.82, 2.24) is 5.32 Å². The zero-order valence-electron chi connectivity index (χ0n) is 44.9. The molecule has 0 aromatic carbocycles. The summed E-state index contributed by atoms with van der Waals surface area (Å²) >= 11 is 0. The fourth-order valence-electron chi connectivity index (χ4n) is 9.03.